The van der Waals surface area contributed by atoms with Crippen molar-refractivity contribution in [3.63, 3.8) is 0 Å². The highest BCUT2D eigenvalue weighted by molar-refractivity contribution is 7.92. The van der Waals surface area contributed by atoms with Crippen LogP contribution in [-0.4, -0.2) is 30.0 Å². The van der Waals surface area contributed by atoms with Gasteiger partial charge in [0, 0.05) is 23.7 Å². The quantitative estimate of drug-likeness (QED) is 0.780. The molecule has 2 aromatic rings. The minimum atomic E-state index is -4.11. The fraction of sp³-hybridized carbons (Fsp3) is 0.294. The number of nitrogens with zero attached hydrogens (tertiary/aromatic N) is 2. The summed E-state index contributed by atoms with van der Waals surface area (Å²) in [5.74, 6) is -6.36. The maximum atomic E-state index is 13.7. The first kappa shape index (κ1) is 20.4. The van der Waals surface area contributed by atoms with E-state index in [1.165, 1.54) is 19.1 Å². The van der Waals surface area contributed by atoms with Crippen molar-refractivity contribution in [2.24, 2.45) is 5.92 Å². The highest BCUT2D eigenvalue weighted by atomic mass is 35.5. The van der Waals surface area contributed by atoms with Crippen molar-refractivity contribution < 1.29 is 26.4 Å². The van der Waals surface area contributed by atoms with Crippen molar-refractivity contribution >= 4 is 27.5 Å². The van der Waals surface area contributed by atoms with Gasteiger partial charge in [-0.15, -0.1) is 0 Å². The van der Waals surface area contributed by atoms with Gasteiger partial charge in [0.1, 0.15) is 5.82 Å². The number of aromatic nitrogens is 2. The van der Waals surface area contributed by atoms with Crippen LogP contribution in [-0.2, 0) is 10.0 Å². The van der Waals surface area contributed by atoms with E-state index >= 15 is 0 Å². The number of hydrogen-bond donors (Lipinski definition) is 1. The SMILES string of the molecule is C=CS(=O)(=O)NC(=O)c1nn(-c2ccc(F)cc2)c([C@@H]2CC(F)(F)[C@H]2C)c1Cl. The predicted octanol–water partition coefficient (Wildman–Crippen LogP) is 3.63. The number of sulfonamides is 1. The van der Waals surface area contributed by atoms with Crippen LogP contribution in [0.25, 0.3) is 5.69 Å². The molecule has 0 bridgehead atoms. The van der Waals surface area contributed by atoms with Gasteiger partial charge in [-0.05, 0) is 24.3 Å². The molecule has 1 fully saturated rings. The van der Waals surface area contributed by atoms with E-state index in [0.717, 1.165) is 16.8 Å². The van der Waals surface area contributed by atoms with Gasteiger partial charge in [0.2, 0.25) is 0 Å². The van der Waals surface area contributed by atoms with Crippen LogP contribution in [0.4, 0.5) is 13.2 Å². The average Bonchev–Trinajstić information content (AvgIpc) is 2.97. The number of nitrogens with one attached hydrogen (secondary N) is 1. The summed E-state index contributed by atoms with van der Waals surface area (Å²) in [6.45, 7) is 4.42. The fourth-order valence-corrected chi connectivity index (χ4v) is 3.78. The molecule has 0 unspecified atom stereocenters. The highest BCUT2D eigenvalue weighted by Gasteiger charge is 2.55. The number of benzene rings is 1. The van der Waals surface area contributed by atoms with Crippen LogP contribution in [0.15, 0.2) is 36.3 Å². The largest absolute Gasteiger partial charge is 0.287 e. The van der Waals surface area contributed by atoms with E-state index < -0.39 is 51.6 Å². The van der Waals surface area contributed by atoms with Crippen molar-refractivity contribution in [2.75, 3.05) is 0 Å². The van der Waals surface area contributed by atoms with Gasteiger partial charge in [-0.3, -0.25) is 4.79 Å². The van der Waals surface area contributed by atoms with Crippen LogP contribution >= 0.6 is 11.6 Å². The zero-order chi connectivity index (χ0) is 20.9. The number of carbonyl (C=O) groups excluding carboxylic acids is 1. The molecule has 0 radical (unpaired) electrons. The van der Waals surface area contributed by atoms with Crippen LogP contribution in [0, 0.1) is 11.7 Å². The number of halogens is 4. The molecule has 6 nitrogen and oxygen atoms in total. The van der Waals surface area contributed by atoms with Crippen LogP contribution in [0.2, 0.25) is 5.02 Å². The zero-order valence-corrected chi connectivity index (χ0v) is 16.1. The van der Waals surface area contributed by atoms with Gasteiger partial charge in [-0.2, -0.15) is 5.10 Å². The van der Waals surface area contributed by atoms with Crippen LogP contribution < -0.4 is 4.72 Å². The summed E-state index contributed by atoms with van der Waals surface area (Å²) in [5, 5.41) is 4.31. The molecule has 0 saturated heterocycles. The number of alkyl halides is 2. The standard InChI is InChI=1S/C17H15ClF3N3O3S/c1-3-28(26,27)23-16(25)14-13(18)15(12-8-17(20,21)9(12)2)24(22-14)11-6-4-10(19)5-7-11/h3-7,9,12H,1,8H2,2H3,(H,23,25)/t9-,12+/m0/s1. The second-order valence-corrected chi connectivity index (χ2v) is 8.44. The van der Waals surface area contributed by atoms with Gasteiger partial charge in [0.15, 0.2) is 5.69 Å². The van der Waals surface area contributed by atoms with E-state index in [1.54, 1.807) is 4.72 Å². The molecule has 3 rings (SSSR count). The molecular weight excluding hydrogens is 419 g/mol. The Balaban J connectivity index is 2.11. The highest BCUT2D eigenvalue weighted by Crippen LogP contribution is 2.55. The van der Waals surface area contributed by atoms with Crippen LogP contribution in [0.3, 0.4) is 0 Å². The molecule has 1 N–H and O–H groups in total. The summed E-state index contributed by atoms with van der Waals surface area (Å²) in [6, 6.07) is 4.95. The molecule has 1 saturated carbocycles. The van der Waals surface area contributed by atoms with E-state index in [1.807, 2.05) is 0 Å². The average molecular weight is 434 g/mol. The third-order valence-electron chi connectivity index (χ3n) is 4.71. The molecule has 150 valence electrons. The molecule has 1 amide bonds. The van der Waals surface area contributed by atoms with Crippen LogP contribution in [0.1, 0.15) is 35.4 Å². The van der Waals surface area contributed by atoms with E-state index in [-0.39, 0.29) is 16.4 Å². The Labute approximate surface area is 164 Å². The molecule has 1 aliphatic rings. The topological polar surface area (TPSA) is 81.1 Å². The number of amides is 1. The summed E-state index contributed by atoms with van der Waals surface area (Å²) in [6.07, 6.45) is -0.507. The van der Waals surface area contributed by atoms with Crippen molar-refractivity contribution in [2.45, 2.75) is 25.2 Å². The van der Waals surface area contributed by atoms with E-state index in [0.29, 0.717) is 5.41 Å². The lowest BCUT2D eigenvalue weighted by molar-refractivity contribution is -0.141. The molecule has 0 spiro atoms. The maximum Gasteiger partial charge on any atom is 0.287 e. The van der Waals surface area contributed by atoms with Crippen molar-refractivity contribution in [3.8, 4) is 5.69 Å². The fourth-order valence-electron chi connectivity index (χ4n) is 3.00. The second-order valence-electron chi connectivity index (χ2n) is 6.44. The number of hydrogen-bond acceptors (Lipinski definition) is 4. The third-order valence-corrected chi connectivity index (χ3v) is 6.00. The lowest BCUT2D eigenvalue weighted by Crippen LogP contribution is -2.44. The minimum Gasteiger partial charge on any atom is -0.266 e. The Kier molecular flexibility index (Phi) is 5.05. The summed E-state index contributed by atoms with van der Waals surface area (Å²) in [4.78, 5) is 12.3. The summed E-state index contributed by atoms with van der Waals surface area (Å²) in [7, 11) is -4.11. The first-order valence-electron chi connectivity index (χ1n) is 8.08. The van der Waals surface area contributed by atoms with Crippen LogP contribution in [0.5, 0.6) is 0 Å². The third kappa shape index (κ3) is 3.53. The molecule has 1 aliphatic carbocycles. The lowest BCUT2D eigenvalue weighted by atomic mass is 9.69. The Morgan fingerprint density at radius 2 is 2.00 bits per heavy atom. The molecule has 1 aromatic heterocycles. The smallest absolute Gasteiger partial charge is 0.266 e. The normalized spacial score (nSPS) is 21.0. The van der Waals surface area contributed by atoms with E-state index in [9.17, 15) is 26.4 Å². The Morgan fingerprint density at radius 3 is 2.50 bits per heavy atom. The van der Waals surface area contributed by atoms with Gasteiger partial charge < -0.3 is 0 Å². The molecule has 0 aliphatic heterocycles. The second kappa shape index (κ2) is 6.93. The summed E-state index contributed by atoms with van der Waals surface area (Å²) in [5.41, 5.74) is -0.0342. The number of carbonyl (C=O) groups is 1. The predicted molar refractivity (Wildman–Crippen MR) is 96.6 cm³/mol. The van der Waals surface area contributed by atoms with Gasteiger partial charge in [0.05, 0.1) is 16.4 Å². The Bertz CT molecular complexity index is 1050. The molecule has 28 heavy (non-hydrogen) atoms. The molecular formula is C17H15ClF3N3O3S. The van der Waals surface area contributed by atoms with Crippen molar-refractivity contribution in [1.29, 1.82) is 0 Å². The van der Waals surface area contributed by atoms with Gasteiger partial charge in [-0.1, -0.05) is 25.1 Å². The summed E-state index contributed by atoms with van der Waals surface area (Å²) >= 11 is 6.26. The molecule has 1 aromatic carbocycles. The minimum absolute atomic E-state index is 0.132. The van der Waals surface area contributed by atoms with Gasteiger partial charge in [-0.25, -0.2) is 31.0 Å². The number of rotatable bonds is 5. The van der Waals surface area contributed by atoms with Gasteiger partial charge >= 0.3 is 0 Å². The van der Waals surface area contributed by atoms with Crippen molar-refractivity contribution in [3.05, 3.63) is 58.5 Å². The summed E-state index contributed by atoms with van der Waals surface area (Å²) < 4.78 is 66.7. The van der Waals surface area contributed by atoms with Gasteiger partial charge in [0.25, 0.3) is 21.9 Å². The Morgan fingerprint density at radius 1 is 1.39 bits per heavy atom. The Hall–Kier alpha value is -2.33. The molecule has 2 atom stereocenters. The first-order valence-corrected chi connectivity index (χ1v) is 10.0. The monoisotopic (exact) mass is 433 g/mol. The maximum absolute atomic E-state index is 13.7. The zero-order valence-electron chi connectivity index (χ0n) is 14.5. The van der Waals surface area contributed by atoms with Crippen molar-refractivity contribution in [1.82, 2.24) is 14.5 Å². The molecule has 11 heteroatoms. The first-order chi connectivity index (χ1) is 13.0. The van der Waals surface area contributed by atoms with E-state index in [4.69, 9.17) is 11.6 Å². The lowest BCUT2D eigenvalue weighted by Gasteiger charge is -2.42. The molecule has 1 heterocycles. The van der Waals surface area contributed by atoms with E-state index in [2.05, 4.69) is 11.7 Å².